The van der Waals surface area contributed by atoms with Crippen LogP contribution in [0.25, 0.3) is 0 Å². The molecule has 17 heavy (non-hydrogen) atoms. The molecule has 4 atom stereocenters. The molecule has 0 aromatic carbocycles. The van der Waals surface area contributed by atoms with Gasteiger partial charge in [-0.1, -0.05) is 6.92 Å². The van der Waals surface area contributed by atoms with Gasteiger partial charge in [0.2, 0.25) is 0 Å². The maximum atomic E-state index is 5.91. The summed E-state index contributed by atoms with van der Waals surface area (Å²) in [4.78, 5) is 0. The number of hydrogen-bond donors (Lipinski definition) is 1. The topological polar surface area (TPSA) is 39.7 Å². The molecular weight excluding hydrogens is 218 g/mol. The molecule has 0 spiro atoms. The molecule has 0 saturated heterocycles. The number of nitrogens with one attached hydrogen (secondary N) is 1. The van der Waals surface area contributed by atoms with Crippen LogP contribution in [0.5, 0.6) is 0 Å². The van der Waals surface area contributed by atoms with Crippen molar-refractivity contribution in [3.05, 3.63) is 0 Å². The van der Waals surface area contributed by atoms with Gasteiger partial charge in [-0.05, 0) is 33.2 Å². The summed E-state index contributed by atoms with van der Waals surface area (Å²) in [5, 5.41) is 3.50. The second-order valence-corrected chi connectivity index (χ2v) is 4.66. The number of hydrogen-bond acceptors (Lipinski definition) is 4. The quantitative estimate of drug-likeness (QED) is 0.669. The molecule has 4 unspecified atom stereocenters. The summed E-state index contributed by atoms with van der Waals surface area (Å²) in [6.45, 7) is 8.69. The molecule has 102 valence electrons. The fourth-order valence-corrected chi connectivity index (χ4v) is 2.23. The normalized spacial score (nSPS) is 30.0. The zero-order valence-electron chi connectivity index (χ0n) is 11.6. The van der Waals surface area contributed by atoms with Gasteiger partial charge in [0, 0.05) is 19.8 Å². The van der Waals surface area contributed by atoms with Crippen LogP contribution in [0.2, 0.25) is 0 Å². The molecule has 0 bridgehead atoms. The second-order valence-electron chi connectivity index (χ2n) is 4.66. The first-order valence-electron chi connectivity index (χ1n) is 6.72. The van der Waals surface area contributed by atoms with E-state index < -0.39 is 0 Å². The maximum Gasteiger partial charge on any atom is 0.0990 e. The van der Waals surface area contributed by atoms with Gasteiger partial charge in [-0.25, -0.2) is 0 Å². The molecule has 0 aliphatic heterocycles. The number of methoxy groups -OCH3 is 1. The Balaban J connectivity index is 2.31. The third kappa shape index (κ3) is 4.54. The molecule has 0 radical (unpaired) electrons. The van der Waals surface area contributed by atoms with Crippen molar-refractivity contribution in [3.63, 3.8) is 0 Å². The Labute approximate surface area is 105 Å². The molecule has 1 N–H and O–H groups in total. The van der Waals surface area contributed by atoms with Gasteiger partial charge in [0.1, 0.15) is 0 Å². The van der Waals surface area contributed by atoms with E-state index >= 15 is 0 Å². The Bertz CT molecular complexity index is 201. The molecule has 1 saturated carbocycles. The van der Waals surface area contributed by atoms with Crippen LogP contribution in [0.3, 0.4) is 0 Å². The van der Waals surface area contributed by atoms with Gasteiger partial charge in [-0.3, -0.25) is 0 Å². The van der Waals surface area contributed by atoms with E-state index in [2.05, 4.69) is 12.2 Å². The lowest BCUT2D eigenvalue weighted by molar-refractivity contribution is -0.170. The Morgan fingerprint density at radius 2 is 2.12 bits per heavy atom. The molecule has 0 aromatic heterocycles. The average Bonchev–Trinajstić information content (AvgIpc) is 2.30. The summed E-state index contributed by atoms with van der Waals surface area (Å²) in [6.07, 6.45) is 2.75. The van der Waals surface area contributed by atoms with Crippen molar-refractivity contribution < 1.29 is 14.2 Å². The Hall–Kier alpha value is -0.160. The standard InChI is InChI=1S/C13H27NO3/c1-5-7-14-11-8-12(13(11)16-6-2)17-10(3)9-15-4/h10-14H,5-9H2,1-4H3. The minimum absolute atomic E-state index is 0.139. The number of ether oxygens (including phenoxy) is 3. The van der Waals surface area contributed by atoms with E-state index in [-0.39, 0.29) is 18.3 Å². The van der Waals surface area contributed by atoms with Crippen molar-refractivity contribution >= 4 is 0 Å². The molecule has 1 fully saturated rings. The van der Waals surface area contributed by atoms with Crippen LogP contribution < -0.4 is 5.32 Å². The van der Waals surface area contributed by atoms with Crippen molar-refractivity contribution in [2.75, 3.05) is 26.9 Å². The number of rotatable bonds is 9. The first kappa shape index (κ1) is 14.9. The summed E-state index contributed by atoms with van der Waals surface area (Å²) in [5.41, 5.74) is 0. The van der Waals surface area contributed by atoms with Gasteiger partial charge in [-0.2, -0.15) is 0 Å². The van der Waals surface area contributed by atoms with E-state index in [0.717, 1.165) is 26.0 Å². The predicted molar refractivity (Wildman–Crippen MR) is 68.3 cm³/mol. The minimum Gasteiger partial charge on any atom is -0.382 e. The van der Waals surface area contributed by atoms with Crippen LogP contribution in [-0.4, -0.2) is 51.2 Å². The minimum atomic E-state index is 0.139. The highest BCUT2D eigenvalue weighted by molar-refractivity contribution is 4.97. The van der Waals surface area contributed by atoms with Crippen molar-refractivity contribution in [1.82, 2.24) is 5.32 Å². The highest BCUT2D eigenvalue weighted by Crippen LogP contribution is 2.28. The van der Waals surface area contributed by atoms with Gasteiger partial charge >= 0.3 is 0 Å². The van der Waals surface area contributed by atoms with E-state index in [1.165, 1.54) is 0 Å². The van der Waals surface area contributed by atoms with E-state index in [0.29, 0.717) is 12.6 Å². The molecule has 0 aromatic rings. The van der Waals surface area contributed by atoms with Crippen molar-refractivity contribution in [1.29, 1.82) is 0 Å². The fraction of sp³-hybridized carbons (Fsp3) is 1.00. The summed E-state index contributed by atoms with van der Waals surface area (Å²) in [7, 11) is 1.70. The zero-order chi connectivity index (χ0) is 12.7. The molecular formula is C13H27NO3. The van der Waals surface area contributed by atoms with Crippen LogP contribution in [0, 0.1) is 0 Å². The summed E-state index contributed by atoms with van der Waals surface area (Å²) in [6, 6.07) is 0.453. The first-order chi connectivity index (χ1) is 8.22. The fourth-order valence-electron chi connectivity index (χ4n) is 2.23. The highest BCUT2D eigenvalue weighted by atomic mass is 16.6. The van der Waals surface area contributed by atoms with Crippen molar-refractivity contribution in [2.45, 2.75) is 58.0 Å². The van der Waals surface area contributed by atoms with Crippen LogP contribution in [0.15, 0.2) is 0 Å². The van der Waals surface area contributed by atoms with Gasteiger partial charge in [0.25, 0.3) is 0 Å². The molecule has 1 rings (SSSR count). The second kappa shape index (κ2) is 8.03. The van der Waals surface area contributed by atoms with Crippen molar-refractivity contribution in [3.8, 4) is 0 Å². The third-order valence-corrected chi connectivity index (χ3v) is 3.07. The molecule has 0 heterocycles. The summed E-state index contributed by atoms with van der Waals surface area (Å²) < 4.78 is 16.7. The van der Waals surface area contributed by atoms with Gasteiger partial charge in [0.05, 0.1) is 24.9 Å². The summed E-state index contributed by atoms with van der Waals surface area (Å²) in [5.74, 6) is 0. The molecule has 1 aliphatic carbocycles. The molecule has 4 nitrogen and oxygen atoms in total. The molecule has 4 heteroatoms. The first-order valence-corrected chi connectivity index (χ1v) is 6.72. The van der Waals surface area contributed by atoms with Crippen LogP contribution in [0.1, 0.15) is 33.6 Å². The summed E-state index contributed by atoms with van der Waals surface area (Å²) >= 11 is 0. The molecule has 0 amide bonds. The Morgan fingerprint density at radius 3 is 2.71 bits per heavy atom. The smallest absolute Gasteiger partial charge is 0.0990 e. The highest BCUT2D eigenvalue weighted by Gasteiger charge is 2.42. The van der Waals surface area contributed by atoms with Gasteiger partial charge < -0.3 is 19.5 Å². The third-order valence-electron chi connectivity index (χ3n) is 3.07. The average molecular weight is 245 g/mol. The monoisotopic (exact) mass is 245 g/mol. The van der Waals surface area contributed by atoms with Crippen LogP contribution in [0.4, 0.5) is 0 Å². The lowest BCUT2D eigenvalue weighted by Crippen LogP contribution is -2.61. The lowest BCUT2D eigenvalue weighted by atomic mass is 9.85. The largest absolute Gasteiger partial charge is 0.382 e. The van der Waals surface area contributed by atoms with Crippen LogP contribution >= 0.6 is 0 Å². The Kier molecular flexibility index (Phi) is 7.04. The lowest BCUT2D eigenvalue weighted by Gasteiger charge is -2.45. The molecule has 1 aliphatic rings. The van der Waals surface area contributed by atoms with E-state index in [1.54, 1.807) is 7.11 Å². The predicted octanol–water partition coefficient (Wildman–Crippen LogP) is 1.58. The van der Waals surface area contributed by atoms with E-state index in [1.807, 2.05) is 13.8 Å². The van der Waals surface area contributed by atoms with E-state index in [4.69, 9.17) is 14.2 Å². The van der Waals surface area contributed by atoms with Crippen LogP contribution in [-0.2, 0) is 14.2 Å². The van der Waals surface area contributed by atoms with E-state index in [9.17, 15) is 0 Å². The van der Waals surface area contributed by atoms with Gasteiger partial charge in [-0.15, -0.1) is 0 Å². The SMILES string of the molecule is CCCNC1CC(OC(C)COC)C1OCC. The zero-order valence-corrected chi connectivity index (χ0v) is 11.6. The van der Waals surface area contributed by atoms with Gasteiger partial charge in [0.15, 0.2) is 0 Å². The Morgan fingerprint density at radius 1 is 1.35 bits per heavy atom. The van der Waals surface area contributed by atoms with Crippen molar-refractivity contribution in [2.24, 2.45) is 0 Å². The maximum absolute atomic E-state index is 5.91.